The number of benzene rings is 3. The van der Waals surface area contributed by atoms with Gasteiger partial charge in [0.15, 0.2) is 6.04 Å². The number of ether oxygens (including phenoxy) is 3. The van der Waals surface area contributed by atoms with Crippen LogP contribution in [0.1, 0.15) is 113 Å². The summed E-state index contributed by atoms with van der Waals surface area (Å²) in [7, 11) is 3.00. The third-order valence-electron chi connectivity index (χ3n) is 10.7. The lowest BCUT2D eigenvalue weighted by atomic mass is 9.97. The molecule has 0 radical (unpaired) electrons. The number of aliphatic carboxylic acids is 1. The largest absolute Gasteiger partial charge is 0.496 e. The van der Waals surface area contributed by atoms with Crippen LogP contribution in [0.4, 0.5) is 4.79 Å². The lowest BCUT2D eigenvalue weighted by molar-refractivity contribution is -0.144. The Balaban J connectivity index is 1.63. The molecule has 342 valence electrons. The maximum atomic E-state index is 14.7. The van der Waals surface area contributed by atoms with Crippen molar-refractivity contribution in [1.82, 2.24) is 26.2 Å². The minimum Gasteiger partial charge on any atom is -0.496 e. The summed E-state index contributed by atoms with van der Waals surface area (Å²) in [6.45, 7) is 9.13. The van der Waals surface area contributed by atoms with E-state index in [0.717, 1.165) is 36.0 Å². The molecule has 15 nitrogen and oxygen atoms in total. The van der Waals surface area contributed by atoms with Gasteiger partial charge in [0.05, 0.1) is 13.7 Å². The van der Waals surface area contributed by atoms with Crippen LogP contribution in [0.25, 0.3) is 11.1 Å². The van der Waals surface area contributed by atoms with Gasteiger partial charge in [0.2, 0.25) is 17.7 Å². The fraction of sp³-hybridized carbons (Fsp3) is 0.500. The van der Waals surface area contributed by atoms with E-state index >= 15 is 0 Å². The van der Waals surface area contributed by atoms with Crippen LogP contribution in [0.5, 0.6) is 5.75 Å². The molecular weight excluding hydrogens is 807 g/mol. The van der Waals surface area contributed by atoms with Gasteiger partial charge < -0.3 is 45.5 Å². The predicted molar refractivity (Wildman–Crippen MR) is 239 cm³/mol. The first-order valence-corrected chi connectivity index (χ1v) is 21.8. The van der Waals surface area contributed by atoms with Crippen molar-refractivity contribution in [2.24, 2.45) is 0 Å². The SMILES string of the molecule is CCCCc1ccc(-c2ccc(C(=O)N[C@@H](CCCCNC(=O)OC(C)(C)C)C(=O)N(C)[C@@H]3C(=O)N[C@@H](C)C(=O)N[C@H](C(=O)O)COCCCCc4cc3ccc4OC)cc2)cc1. The van der Waals surface area contributed by atoms with Crippen molar-refractivity contribution in [3.63, 3.8) is 0 Å². The first kappa shape index (κ1) is 49.7. The zero-order valence-corrected chi connectivity index (χ0v) is 37.7. The van der Waals surface area contributed by atoms with Crippen LogP contribution in [0.15, 0.2) is 66.7 Å². The summed E-state index contributed by atoms with van der Waals surface area (Å²) in [4.78, 5) is 81.7. The third-order valence-corrected chi connectivity index (χ3v) is 10.7. The molecule has 1 aliphatic rings. The van der Waals surface area contributed by atoms with Crippen LogP contribution >= 0.6 is 0 Å². The van der Waals surface area contributed by atoms with E-state index in [-0.39, 0.29) is 26.2 Å². The number of methoxy groups -OCH3 is 1. The zero-order chi connectivity index (χ0) is 46.1. The van der Waals surface area contributed by atoms with Crippen molar-refractivity contribution in [3.8, 4) is 16.9 Å². The van der Waals surface area contributed by atoms with Crippen molar-refractivity contribution in [2.75, 3.05) is 33.9 Å². The fourth-order valence-corrected chi connectivity index (χ4v) is 7.17. The third kappa shape index (κ3) is 15.4. The minimum atomic E-state index is -1.35. The Morgan fingerprint density at radius 2 is 1.60 bits per heavy atom. The number of nitrogens with zero attached hydrogens (tertiary/aromatic N) is 1. The summed E-state index contributed by atoms with van der Waals surface area (Å²) >= 11 is 0. The van der Waals surface area contributed by atoms with E-state index in [1.807, 2.05) is 12.1 Å². The van der Waals surface area contributed by atoms with E-state index in [2.05, 4.69) is 52.5 Å². The van der Waals surface area contributed by atoms with Crippen LogP contribution < -0.4 is 26.0 Å². The molecule has 63 heavy (non-hydrogen) atoms. The number of carboxylic acids is 1. The molecule has 0 unspecified atom stereocenters. The number of nitrogens with one attached hydrogen (secondary N) is 4. The smallest absolute Gasteiger partial charge is 0.407 e. The second kappa shape index (κ2) is 24.0. The molecule has 1 heterocycles. The van der Waals surface area contributed by atoms with Gasteiger partial charge in [-0.2, -0.15) is 0 Å². The molecule has 0 spiro atoms. The summed E-state index contributed by atoms with van der Waals surface area (Å²) in [6.07, 6.45) is 5.44. The van der Waals surface area contributed by atoms with Gasteiger partial charge in [-0.05, 0) is 131 Å². The Labute approximate surface area is 371 Å². The highest BCUT2D eigenvalue weighted by Crippen LogP contribution is 2.29. The van der Waals surface area contributed by atoms with Crippen molar-refractivity contribution in [2.45, 2.75) is 122 Å². The van der Waals surface area contributed by atoms with Gasteiger partial charge in [-0.3, -0.25) is 19.2 Å². The Morgan fingerprint density at radius 1 is 0.921 bits per heavy atom. The van der Waals surface area contributed by atoms with Gasteiger partial charge in [0.25, 0.3) is 5.91 Å². The number of carboxylic acid groups (broad SMARTS) is 1. The first-order chi connectivity index (χ1) is 30.0. The van der Waals surface area contributed by atoms with Crippen molar-refractivity contribution < 1.29 is 48.1 Å². The molecule has 0 saturated carbocycles. The second-order valence-corrected chi connectivity index (χ2v) is 16.9. The lowest BCUT2D eigenvalue weighted by Gasteiger charge is -2.32. The van der Waals surface area contributed by atoms with Crippen molar-refractivity contribution in [3.05, 3.63) is 89.0 Å². The molecule has 0 aromatic heterocycles. The summed E-state index contributed by atoms with van der Waals surface area (Å²) in [5.74, 6) is -3.24. The molecule has 2 bridgehead atoms. The molecule has 1 aliphatic heterocycles. The molecule has 0 aliphatic carbocycles. The highest BCUT2D eigenvalue weighted by atomic mass is 16.6. The number of carbonyl (C=O) groups excluding carboxylic acids is 5. The number of amides is 5. The molecule has 0 fully saturated rings. The number of fused-ring (bicyclic) bond motifs is 2. The average molecular weight is 872 g/mol. The number of alkyl carbamates (subject to hydrolysis) is 1. The maximum Gasteiger partial charge on any atom is 0.407 e. The van der Waals surface area contributed by atoms with E-state index < -0.39 is 65.5 Å². The number of hydrogen-bond acceptors (Lipinski definition) is 9. The van der Waals surface area contributed by atoms with Crippen LogP contribution in [0.2, 0.25) is 0 Å². The first-order valence-electron chi connectivity index (χ1n) is 21.8. The summed E-state index contributed by atoms with van der Waals surface area (Å²) in [5, 5.41) is 20.5. The molecule has 0 saturated heterocycles. The Kier molecular flexibility index (Phi) is 19.0. The van der Waals surface area contributed by atoms with Crippen LogP contribution in [-0.2, 0) is 41.5 Å². The van der Waals surface area contributed by atoms with Gasteiger partial charge >= 0.3 is 12.1 Å². The Bertz CT molecular complexity index is 2010. The maximum absolute atomic E-state index is 14.7. The van der Waals surface area contributed by atoms with Crippen LogP contribution in [-0.4, -0.2) is 103 Å². The molecule has 3 aromatic rings. The van der Waals surface area contributed by atoms with Gasteiger partial charge in [-0.1, -0.05) is 55.8 Å². The number of unbranched alkanes of at least 4 members (excludes halogenated alkanes) is 2. The Morgan fingerprint density at radius 3 is 2.24 bits per heavy atom. The fourth-order valence-electron chi connectivity index (χ4n) is 7.17. The number of aryl methyl sites for hydroxylation is 2. The van der Waals surface area contributed by atoms with Gasteiger partial charge in [0, 0.05) is 25.8 Å². The number of rotatable bonds is 15. The normalized spacial score (nSPS) is 17.9. The summed E-state index contributed by atoms with van der Waals surface area (Å²) in [5.41, 5.74) is 4.06. The topological polar surface area (TPSA) is 202 Å². The van der Waals surface area contributed by atoms with Gasteiger partial charge in [-0.25, -0.2) is 9.59 Å². The van der Waals surface area contributed by atoms with Gasteiger partial charge in [-0.15, -0.1) is 0 Å². The minimum absolute atomic E-state index is 0.160. The zero-order valence-electron chi connectivity index (χ0n) is 37.7. The van der Waals surface area contributed by atoms with Crippen LogP contribution in [0, 0.1) is 0 Å². The number of likely N-dealkylation sites (N-methyl/N-ethyl adjacent to an activating group) is 1. The van der Waals surface area contributed by atoms with Crippen molar-refractivity contribution in [1.29, 1.82) is 0 Å². The van der Waals surface area contributed by atoms with E-state index in [4.69, 9.17) is 14.2 Å². The predicted octanol–water partition coefficient (Wildman–Crippen LogP) is 6.12. The van der Waals surface area contributed by atoms with E-state index in [1.54, 1.807) is 51.1 Å². The standard InChI is InChI=1S/C48H65N5O10/c1-8-9-14-32-17-19-33(20-18-32)34-21-23-35(24-22-34)43(55)51-38(16-10-12-27-49-47(60)63-48(3,4)5)45(57)53(6)41-37-25-26-40(61-7)36(29-37)15-11-13-28-62-30-39(46(58)59)52-42(54)31(2)50-44(41)56/h17-26,29,31,38-39,41H,8-16,27-28,30H2,1-7H3,(H,49,60)(H,50,56)(H,51,55)(H,52,54)(H,58,59)/t31-,38-,39-,41-/m0/s1. The number of carbonyl (C=O) groups is 6. The van der Waals surface area contributed by atoms with E-state index in [0.29, 0.717) is 49.0 Å². The van der Waals surface area contributed by atoms with E-state index in [9.17, 15) is 33.9 Å². The molecule has 5 amide bonds. The molecule has 15 heteroatoms. The highest BCUT2D eigenvalue weighted by Gasteiger charge is 2.35. The average Bonchev–Trinajstić information content (AvgIpc) is 3.24. The van der Waals surface area contributed by atoms with Crippen molar-refractivity contribution >= 4 is 35.7 Å². The van der Waals surface area contributed by atoms with Gasteiger partial charge in [0.1, 0.15) is 29.5 Å². The molecule has 5 N–H and O–H groups in total. The van der Waals surface area contributed by atoms with E-state index in [1.165, 1.54) is 31.5 Å². The number of hydrogen-bond donors (Lipinski definition) is 5. The molecule has 4 rings (SSSR count). The van der Waals surface area contributed by atoms with Crippen LogP contribution in [0.3, 0.4) is 0 Å². The summed E-state index contributed by atoms with van der Waals surface area (Å²) < 4.78 is 16.5. The quantitative estimate of drug-likeness (QED) is 0.111. The lowest BCUT2D eigenvalue weighted by Crippen LogP contribution is -2.55. The highest BCUT2D eigenvalue weighted by molar-refractivity contribution is 5.99. The summed E-state index contributed by atoms with van der Waals surface area (Å²) in [6, 6.07) is 15.7. The molecule has 3 aromatic carbocycles. The monoisotopic (exact) mass is 871 g/mol. The molecule has 4 atom stereocenters. The second-order valence-electron chi connectivity index (χ2n) is 16.9. The molecular formula is C48H65N5O10. The Hall–Kier alpha value is -5.96.